The summed E-state index contributed by atoms with van der Waals surface area (Å²) in [5, 5.41) is 14.1. The first-order chi connectivity index (χ1) is 11.7. The van der Waals surface area contributed by atoms with Gasteiger partial charge >= 0.3 is 0 Å². The van der Waals surface area contributed by atoms with E-state index in [1.165, 1.54) is 0 Å². The van der Waals surface area contributed by atoms with Crippen molar-refractivity contribution in [2.24, 2.45) is 0 Å². The van der Waals surface area contributed by atoms with Crippen molar-refractivity contribution in [1.29, 1.82) is 0 Å². The van der Waals surface area contributed by atoms with Gasteiger partial charge in [0, 0.05) is 30.7 Å². The minimum Gasteiger partial charge on any atom is -0.493 e. The average Bonchev–Trinajstić information content (AvgIpc) is 2.56. The molecule has 0 bridgehead atoms. The summed E-state index contributed by atoms with van der Waals surface area (Å²) in [6.07, 6.45) is 1.24. The number of methoxy groups -OCH3 is 2. The smallest absolute Gasteiger partial charge is 0.256 e. The first-order valence-electron chi connectivity index (χ1n) is 8.67. The normalized spacial score (nSPS) is 21.4. The van der Waals surface area contributed by atoms with Crippen molar-refractivity contribution < 1.29 is 19.4 Å². The summed E-state index contributed by atoms with van der Waals surface area (Å²) < 4.78 is 10.8. The molecule has 2 rings (SSSR count). The molecule has 1 saturated heterocycles. The lowest BCUT2D eigenvalue weighted by atomic mass is 9.90. The number of aliphatic hydroxyl groups is 1. The molecule has 1 unspecified atom stereocenters. The van der Waals surface area contributed by atoms with Gasteiger partial charge in [0.05, 0.1) is 14.2 Å². The van der Waals surface area contributed by atoms with Gasteiger partial charge in [-0.05, 0) is 39.7 Å². The fraction of sp³-hybridized carbons (Fsp3) is 0.632. The highest BCUT2D eigenvalue weighted by Crippen LogP contribution is 2.33. The molecule has 0 saturated carbocycles. The Kier molecular flexibility index (Phi) is 5.95. The van der Waals surface area contributed by atoms with Crippen LogP contribution < -0.4 is 14.8 Å². The number of hydrogen-bond donors (Lipinski definition) is 2. The van der Waals surface area contributed by atoms with Crippen LogP contribution in [0.15, 0.2) is 18.2 Å². The van der Waals surface area contributed by atoms with Crippen LogP contribution in [0.4, 0.5) is 0 Å². The molecule has 1 aliphatic heterocycles. The van der Waals surface area contributed by atoms with E-state index >= 15 is 0 Å². The van der Waals surface area contributed by atoms with E-state index < -0.39 is 5.60 Å². The van der Waals surface area contributed by atoms with E-state index in [0.29, 0.717) is 31.0 Å². The summed E-state index contributed by atoms with van der Waals surface area (Å²) in [6.45, 7) is 7.31. The first-order valence-corrected chi connectivity index (χ1v) is 8.67. The number of benzene rings is 1. The van der Waals surface area contributed by atoms with Crippen LogP contribution in [-0.4, -0.2) is 54.4 Å². The van der Waals surface area contributed by atoms with Gasteiger partial charge in [0.15, 0.2) is 17.1 Å². The molecule has 1 heterocycles. The van der Waals surface area contributed by atoms with Gasteiger partial charge in [-0.15, -0.1) is 0 Å². The zero-order valence-corrected chi connectivity index (χ0v) is 15.9. The summed E-state index contributed by atoms with van der Waals surface area (Å²) in [7, 11) is 3.17. The molecule has 6 nitrogen and oxygen atoms in total. The van der Waals surface area contributed by atoms with Crippen LogP contribution in [0.25, 0.3) is 0 Å². The third-order valence-electron chi connectivity index (χ3n) is 4.46. The summed E-state index contributed by atoms with van der Waals surface area (Å²) in [5.74, 6) is 1.02. The van der Waals surface area contributed by atoms with E-state index in [1.807, 2.05) is 39.0 Å². The number of β-amino-alcohol motifs (C(OH)–C–C–N with tert-alkyl or cyclic N) is 1. The highest BCUT2D eigenvalue weighted by Gasteiger charge is 2.42. The Labute approximate surface area is 150 Å². The van der Waals surface area contributed by atoms with E-state index in [1.54, 1.807) is 19.1 Å². The maximum atomic E-state index is 12.9. The van der Waals surface area contributed by atoms with Crippen molar-refractivity contribution in [3.8, 4) is 11.5 Å². The molecular formula is C19H30N2O4. The second-order valence-corrected chi connectivity index (χ2v) is 7.62. The van der Waals surface area contributed by atoms with Crippen LogP contribution in [0.3, 0.4) is 0 Å². The summed E-state index contributed by atoms with van der Waals surface area (Å²) in [6, 6.07) is 5.61. The van der Waals surface area contributed by atoms with Crippen LogP contribution in [0.5, 0.6) is 11.5 Å². The molecule has 1 aromatic carbocycles. The molecular weight excluding hydrogens is 320 g/mol. The van der Waals surface area contributed by atoms with Crippen LogP contribution in [-0.2, 0) is 11.3 Å². The number of nitrogens with one attached hydrogen (secondary N) is 1. The largest absolute Gasteiger partial charge is 0.493 e. The number of piperidine rings is 1. The molecule has 1 aromatic rings. The van der Waals surface area contributed by atoms with Gasteiger partial charge in [0.2, 0.25) is 0 Å². The third kappa shape index (κ3) is 4.64. The molecule has 1 fully saturated rings. The van der Waals surface area contributed by atoms with Crippen LogP contribution in [0.1, 0.15) is 39.2 Å². The number of para-hydroxylation sites is 1. The van der Waals surface area contributed by atoms with E-state index in [4.69, 9.17) is 9.47 Å². The monoisotopic (exact) mass is 350 g/mol. The van der Waals surface area contributed by atoms with Gasteiger partial charge in [0.25, 0.3) is 5.91 Å². The number of ether oxygens (including phenoxy) is 2. The van der Waals surface area contributed by atoms with Crippen LogP contribution in [0.2, 0.25) is 0 Å². The van der Waals surface area contributed by atoms with Gasteiger partial charge in [0.1, 0.15) is 0 Å². The quantitative estimate of drug-likeness (QED) is 0.820. The molecule has 0 aromatic heterocycles. The van der Waals surface area contributed by atoms with Crippen molar-refractivity contribution in [3.63, 3.8) is 0 Å². The van der Waals surface area contributed by atoms with Gasteiger partial charge in [-0.3, -0.25) is 4.79 Å². The highest BCUT2D eigenvalue weighted by molar-refractivity contribution is 5.86. The maximum absolute atomic E-state index is 12.9. The Bertz CT molecular complexity index is 612. The van der Waals surface area contributed by atoms with Gasteiger partial charge in [-0.2, -0.15) is 0 Å². The molecule has 2 N–H and O–H groups in total. The molecule has 0 aliphatic carbocycles. The number of likely N-dealkylation sites (tertiary alicyclic amines) is 1. The van der Waals surface area contributed by atoms with E-state index in [9.17, 15) is 9.90 Å². The molecule has 25 heavy (non-hydrogen) atoms. The standard InChI is InChI=1S/C19H30N2O4/c1-18(2,3)20-13-19(23)10-7-11-21(17(19)22)12-14-8-6-9-15(24-4)16(14)25-5/h6,8-9,20,23H,7,10-13H2,1-5H3. The number of nitrogens with zero attached hydrogens (tertiary/aromatic N) is 1. The highest BCUT2D eigenvalue weighted by atomic mass is 16.5. The molecule has 1 atom stereocenters. The number of hydrogen-bond acceptors (Lipinski definition) is 5. The molecule has 1 amide bonds. The molecule has 140 valence electrons. The van der Waals surface area contributed by atoms with Crippen molar-refractivity contribution >= 4 is 5.91 Å². The van der Waals surface area contributed by atoms with Crippen molar-refractivity contribution in [2.45, 2.75) is 51.3 Å². The molecule has 6 heteroatoms. The molecule has 0 radical (unpaired) electrons. The Hall–Kier alpha value is -1.79. The summed E-state index contributed by atoms with van der Waals surface area (Å²) >= 11 is 0. The predicted molar refractivity (Wildman–Crippen MR) is 96.9 cm³/mol. The third-order valence-corrected chi connectivity index (χ3v) is 4.46. The van der Waals surface area contributed by atoms with E-state index in [-0.39, 0.29) is 18.0 Å². The Morgan fingerprint density at radius 3 is 2.60 bits per heavy atom. The van der Waals surface area contributed by atoms with Crippen molar-refractivity contribution in [2.75, 3.05) is 27.3 Å². The lowest BCUT2D eigenvalue weighted by Gasteiger charge is -2.40. The van der Waals surface area contributed by atoms with E-state index in [2.05, 4.69) is 5.32 Å². The van der Waals surface area contributed by atoms with Gasteiger partial charge in [-0.1, -0.05) is 12.1 Å². The van der Waals surface area contributed by atoms with Crippen molar-refractivity contribution in [3.05, 3.63) is 23.8 Å². The molecule has 0 spiro atoms. The van der Waals surface area contributed by atoms with E-state index in [0.717, 1.165) is 12.0 Å². The summed E-state index contributed by atoms with van der Waals surface area (Å²) in [4.78, 5) is 14.6. The minimum atomic E-state index is -1.36. The van der Waals surface area contributed by atoms with Crippen LogP contribution in [0, 0.1) is 0 Å². The fourth-order valence-corrected chi connectivity index (χ4v) is 3.08. The Morgan fingerprint density at radius 2 is 2.00 bits per heavy atom. The zero-order valence-electron chi connectivity index (χ0n) is 15.9. The second-order valence-electron chi connectivity index (χ2n) is 7.62. The minimum absolute atomic E-state index is 0.158. The fourth-order valence-electron chi connectivity index (χ4n) is 3.08. The predicted octanol–water partition coefficient (Wildman–Crippen LogP) is 1.95. The topological polar surface area (TPSA) is 71.0 Å². The lowest BCUT2D eigenvalue weighted by Crippen LogP contribution is -2.59. The number of amides is 1. The number of carbonyl (C=O) groups excluding carboxylic acids is 1. The number of rotatable bonds is 6. The van der Waals surface area contributed by atoms with Crippen LogP contribution >= 0.6 is 0 Å². The SMILES string of the molecule is COc1cccc(CN2CCCC(O)(CNC(C)(C)C)C2=O)c1OC. The summed E-state index contributed by atoms with van der Waals surface area (Å²) in [5.41, 5.74) is -0.658. The first kappa shape index (κ1) is 19.5. The van der Waals surface area contributed by atoms with Gasteiger partial charge in [-0.25, -0.2) is 0 Å². The van der Waals surface area contributed by atoms with Gasteiger partial charge < -0.3 is 24.8 Å². The second kappa shape index (κ2) is 7.62. The molecule has 1 aliphatic rings. The number of carbonyl (C=O) groups is 1. The lowest BCUT2D eigenvalue weighted by molar-refractivity contribution is -0.157. The zero-order chi connectivity index (χ0) is 18.7. The Balaban J connectivity index is 2.16. The Morgan fingerprint density at radius 1 is 1.28 bits per heavy atom. The maximum Gasteiger partial charge on any atom is 0.256 e. The average molecular weight is 350 g/mol. The van der Waals surface area contributed by atoms with Crippen molar-refractivity contribution in [1.82, 2.24) is 10.2 Å².